The van der Waals surface area contributed by atoms with Gasteiger partial charge < -0.3 is 15.0 Å². The number of ether oxygens (including phenoxy) is 1. The number of hydrogen-bond acceptors (Lipinski definition) is 4. The maximum absolute atomic E-state index is 11.1. The third-order valence-corrected chi connectivity index (χ3v) is 3.49. The Morgan fingerprint density at radius 3 is 2.94 bits per heavy atom. The Kier molecular flexibility index (Phi) is 5.77. The number of esters is 1. The molecule has 16 heavy (non-hydrogen) atoms. The molecule has 4 heteroatoms. The average molecular weight is 228 g/mol. The maximum atomic E-state index is 11.1. The molecule has 0 aromatic rings. The summed E-state index contributed by atoms with van der Waals surface area (Å²) in [4.78, 5) is 13.5. The Labute approximate surface area is 98.3 Å². The van der Waals surface area contributed by atoms with Crippen LogP contribution in [-0.2, 0) is 9.53 Å². The van der Waals surface area contributed by atoms with Crippen LogP contribution in [0.25, 0.3) is 0 Å². The van der Waals surface area contributed by atoms with E-state index in [1.54, 1.807) is 0 Å². The third-order valence-electron chi connectivity index (χ3n) is 3.49. The fourth-order valence-electron chi connectivity index (χ4n) is 2.53. The van der Waals surface area contributed by atoms with Gasteiger partial charge in [-0.1, -0.05) is 0 Å². The number of likely N-dealkylation sites (tertiary alicyclic amines) is 1. The molecule has 0 bridgehead atoms. The summed E-state index contributed by atoms with van der Waals surface area (Å²) in [7, 11) is 5.60. The minimum absolute atomic E-state index is 0.107. The van der Waals surface area contributed by atoms with Crippen LogP contribution in [0.4, 0.5) is 0 Å². The lowest BCUT2D eigenvalue weighted by Crippen LogP contribution is -2.43. The highest BCUT2D eigenvalue weighted by Gasteiger charge is 2.25. The van der Waals surface area contributed by atoms with Gasteiger partial charge in [-0.3, -0.25) is 4.79 Å². The summed E-state index contributed by atoms with van der Waals surface area (Å²) in [6.07, 6.45) is 3.92. The molecule has 1 N–H and O–H groups in total. The molecule has 1 heterocycles. The van der Waals surface area contributed by atoms with E-state index in [0.717, 1.165) is 13.0 Å². The molecule has 2 atom stereocenters. The zero-order valence-corrected chi connectivity index (χ0v) is 10.7. The van der Waals surface area contributed by atoms with Gasteiger partial charge in [-0.05, 0) is 45.8 Å². The topological polar surface area (TPSA) is 41.6 Å². The number of nitrogens with one attached hydrogen (secondary N) is 1. The normalized spacial score (nSPS) is 24.1. The molecule has 0 aliphatic carbocycles. The summed E-state index contributed by atoms with van der Waals surface area (Å²) >= 11 is 0. The molecule has 1 aliphatic rings. The van der Waals surface area contributed by atoms with Gasteiger partial charge in [-0.2, -0.15) is 0 Å². The van der Waals surface area contributed by atoms with Gasteiger partial charge in [0.05, 0.1) is 7.11 Å². The average Bonchev–Trinajstić information content (AvgIpc) is 2.29. The predicted molar refractivity (Wildman–Crippen MR) is 64.3 cm³/mol. The lowest BCUT2D eigenvalue weighted by Gasteiger charge is -2.35. The molecule has 0 radical (unpaired) electrons. The van der Waals surface area contributed by atoms with E-state index in [2.05, 4.69) is 22.0 Å². The van der Waals surface area contributed by atoms with Gasteiger partial charge in [0.15, 0.2) is 0 Å². The van der Waals surface area contributed by atoms with Crippen molar-refractivity contribution in [3.63, 3.8) is 0 Å². The van der Waals surface area contributed by atoms with Crippen molar-refractivity contribution in [2.24, 2.45) is 5.92 Å². The number of methoxy groups -OCH3 is 1. The van der Waals surface area contributed by atoms with Crippen LogP contribution < -0.4 is 5.32 Å². The van der Waals surface area contributed by atoms with Crippen LogP contribution in [0.5, 0.6) is 0 Å². The minimum atomic E-state index is -0.107. The van der Waals surface area contributed by atoms with Crippen molar-refractivity contribution in [3.8, 4) is 0 Å². The zero-order chi connectivity index (χ0) is 12.0. The Hall–Kier alpha value is -0.610. The lowest BCUT2D eigenvalue weighted by atomic mass is 9.88. The van der Waals surface area contributed by atoms with Crippen molar-refractivity contribution in [2.75, 3.05) is 34.3 Å². The molecule has 0 aromatic heterocycles. The van der Waals surface area contributed by atoms with Gasteiger partial charge in [0.1, 0.15) is 0 Å². The van der Waals surface area contributed by atoms with E-state index in [1.807, 2.05) is 7.05 Å². The molecule has 94 valence electrons. The van der Waals surface area contributed by atoms with Crippen molar-refractivity contribution in [1.29, 1.82) is 0 Å². The first-order valence-electron chi connectivity index (χ1n) is 6.10. The summed E-state index contributed by atoms with van der Waals surface area (Å²) in [5.41, 5.74) is 0. The summed E-state index contributed by atoms with van der Waals surface area (Å²) in [6, 6.07) is 0.432. The van der Waals surface area contributed by atoms with Crippen LogP contribution in [0.1, 0.15) is 25.7 Å². The summed E-state index contributed by atoms with van der Waals surface area (Å²) in [5, 5.41) is 3.34. The molecule has 1 fully saturated rings. The van der Waals surface area contributed by atoms with E-state index < -0.39 is 0 Å². The number of piperidine rings is 1. The summed E-state index contributed by atoms with van der Waals surface area (Å²) in [6.45, 7) is 2.33. The Bertz CT molecular complexity index is 221. The van der Waals surface area contributed by atoms with Crippen LogP contribution in [0.2, 0.25) is 0 Å². The molecule has 1 rings (SSSR count). The fourth-order valence-corrected chi connectivity index (χ4v) is 2.53. The molecule has 1 aliphatic heterocycles. The van der Waals surface area contributed by atoms with Crippen LogP contribution >= 0.6 is 0 Å². The first kappa shape index (κ1) is 13.5. The zero-order valence-electron chi connectivity index (χ0n) is 10.7. The second-order valence-electron chi connectivity index (χ2n) is 4.67. The largest absolute Gasteiger partial charge is 0.469 e. The molecule has 0 aromatic carbocycles. The molecular formula is C12H24N2O2. The minimum Gasteiger partial charge on any atom is -0.469 e. The first-order valence-corrected chi connectivity index (χ1v) is 6.10. The Morgan fingerprint density at radius 2 is 2.38 bits per heavy atom. The highest BCUT2D eigenvalue weighted by Crippen LogP contribution is 2.21. The SMILES string of the molecule is CNC(CCC(=O)OC)C1CCCN(C)C1. The lowest BCUT2D eigenvalue weighted by molar-refractivity contribution is -0.140. The summed E-state index contributed by atoms with van der Waals surface area (Å²) in [5.74, 6) is 0.554. The molecular weight excluding hydrogens is 204 g/mol. The Morgan fingerprint density at radius 1 is 1.62 bits per heavy atom. The monoisotopic (exact) mass is 228 g/mol. The molecule has 1 saturated heterocycles. The van der Waals surface area contributed by atoms with E-state index >= 15 is 0 Å². The van der Waals surface area contributed by atoms with Gasteiger partial charge in [-0.15, -0.1) is 0 Å². The summed E-state index contributed by atoms with van der Waals surface area (Å²) < 4.78 is 4.68. The number of hydrogen-bond donors (Lipinski definition) is 1. The quantitative estimate of drug-likeness (QED) is 0.709. The second kappa shape index (κ2) is 6.86. The van der Waals surface area contributed by atoms with E-state index in [1.165, 1.54) is 26.5 Å². The highest BCUT2D eigenvalue weighted by atomic mass is 16.5. The van der Waals surface area contributed by atoms with Gasteiger partial charge in [0.25, 0.3) is 0 Å². The van der Waals surface area contributed by atoms with E-state index in [9.17, 15) is 4.79 Å². The second-order valence-corrected chi connectivity index (χ2v) is 4.67. The standard InChI is InChI=1S/C12H24N2O2/c1-13-11(6-7-12(15)16-3)10-5-4-8-14(2)9-10/h10-11,13H,4-9H2,1-3H3. The fraction of sp³-hybridized carbons (Fsp3) is 0.917. The van der Waals surface area contributed by atoms with Crippen LogP contribution in [-0.4, -0.2) is 51.2 Å². The number of nitrogens with zero attached hydrogens (tertiary/aromatic N) is 1. The number of carbonyl (C=O) groups excluding carboxylic acids is 1. The van der Waals surface area contributed by atoms with Gasteiger partial charge >= 0.3 is 5.97 Å². The first-order chi connectivity index (χ1) is 7.67. The van der Waals surface area contributed by atoms with Crippen LogP contribution in [0.15, 0.2) is 0 Å². The Balaban J connectivity index is 2.37. The van der Waals surface area contributed by atoms with Gasteiger partial charge in [0.2, 0.25) is 0 Å². The third kappa shape index (κ3) is 4.10. The highest BCUT2D eigenvalue weighted by molar-refractivity contribution is 5.69. The van der Waals surface area contributed by atoms with Gasteiger partial charge in [0, 0.05) is 19.0 Å². The number of rotatable bonds is 5. The van der Waals surface area contributed by atoms with Gasteiger partial charge in [-0.25, -0.2) is 0 Å². The van der Waals surface area contributed by atoms with E-state index in [-0.39, 0.29) is 5.97 Å². The van der Waals surface area contributed by atoms with E-state index in [4.69, 9.17) is 0 Å². The molecule has 4 nitrogen and oxygen atoms in total. The van der Waals surface area contributed by atoms with Crippen molar-refractivity contribution in [3.05, 3.63) is 0 Å². The number of carbonyl (C=O) groups is 1. The predicted octanol–water partition coefficient (Wildman–Crippen LogP) is 0.869. The van der Waals surface area contributed by atoms with Crippen molar-refractivity contribution < 1.29 is 9.53 Å². The molecule has 0 spiro atoms. The molecule has 0 saturated carbocycles. The maximum Gasteiger partial charge on any atom is 0.305 e. The van der Waals surface area contributed by atoms with Crippen molar-refractivity contribution >= 4 is 5.97 Å². The van der Waals surface area contributed by atoms with Crippen LogP contribution in [0.3, 0.4) is 0 Å². The van der Waals surface area contributed by atoms with Crippen molar-refractivity contribution in [1.82, 2.24) is 10.2 Å². The van der Waals surface area contributed by atoms with E-state index in [0.29, 0.717) is 18.4 Å². The molecule has 0 amide bonds. The van der Waals surface area contributed by atoms with Crippen LogP contribution in [0, 0.1) is 5.92 Å². The smallest absolute Gasteiger partial charge is 0.305 e. The molecule has 2 unspecified atom stereocenters. The van der Waals surface area contributed by atoms with Crippen molar-refractivity contribution in [2.45, 2.75) is 31.7 Å².